The highest BCUT2D eigenvalue weighted by Gasteiger charge is 2.17. The number of aromatic nitrogens is 2. The molecule has 3 rings (SSSR count). The number of benzene rings is 1. The summed E-state index contributed by atoms with van der Waals surface area (Å²) >= 11 is 1.23. The molecule has 5 nitrogen and oxygen atoms in total. The highest BCUT2D eigenvalue weighted by Crippen LogP contribution is 2.19. The minimum Gasteiger partial charge on any atom is -0.478 e. The molecule has 0 saturated carbocycles. The molecule has 1 aromatic carbocycles. The van der Waals surface area contributed by atoms with Crippen molar-refractivity contribution in [2.75, 3.05) is 0 Å². The first-order chi connectivity index (χ1) is 9.72. The van der Waals surface area contributed by atoms with Gasteiger partial charge >= 0.3 is 5.97 Å². The maximum Gasteiger partial charge on any atom is 0.331 e. The number of fused-ring (bicyclic) bond motifs is 1. The first-order valence-corrected chi connectivity index (χ1v) is 7.32. The van der Waals surface area contributed by atoms with Crippen LogP contribution in [0.2, 0.25) is 0 Å². The number of hydrogen-bond acceptors (Lipinski definition) is 5. The molecule has 1 aromatic heterocycles. The van der Waals surface area contributed by atoms with E-state index in [0.717, 1.165) is 30.4 Å². The highest BCUT2D eigenvalue weighted by molar-refractivity contribution is 7.00. The second-order valence-corrected chi connectivity index (χ2v) is 5.50. The molecule has 0 fully saturated rings. The summed E-state index contributed by atoms with van der Waals surface area (Å²) in [6, 6.07) is 6.44. The second kappa shape index (κ2) is 5.68. The summed E-state index contributed by atoms with van der Waals surface area (Å²) in [6.07, 6.45) is 4.12. The smallest absolute Gasteiger partial charge is 0.331 e. The van der Waals surface area contributed by atoms with E-state index in [1.807, 2.05) is 18.2 Å². The predicted octanol–water partition coefficient (Wildman–Crippen LogP) is 2.34. The van der Waals surface area contributed by atoms with Gasteiger partial charge in [0.2, 0.25) is 0 Å². The molecular weight excluding hydrogens is 274 g/mol. The predicted molar refractivity (Wildman–Crippen MR) is 77.6 cm³/mol. The van der Waals surface area contributed by atoms with Crippen LogP contribution in [0.15, 0.2) is 29.8 Å². The molecule has 104 valence electrons. The van der Waals surface area contributed by atoms with Gasteiger partial charge in [0.05, 0.1) is 11.7 Å². The molecule has 1 unspecified atom stereocenters. The minimum absolute atomic E-state index is 0.349. The number of nitrogens with zero attached hydrogens (tertiary/aromatic N) is 2. The summed E-state index contributed by atoms with van der Waals surface area (Å²) in [5, 5.41) is 12.4. The number of hydrogen-bond donors (Lipinski definition) is 2. The highest BCUT2D eigenvalue weighted by atomic mass is 32.1. The maximum atomic E-state index is 10.8. The molecule has 0 aliphatic heterocycles. The Hall–Kier alpha value is -1.79. The van der Waals surface area contributed by atoms with Gasteiger partial charge in [0, 0.05) is 18.2 Å². The zero-order chi connectivity index (χ0) is 13.9. The lowest BCUT2D eigenvalue weighted by Crippen LogP contribution is -2.30. The largest absolute Gasteiger partial charge is 0.478 e. The van der Waals surface area contributed by atoms with E-state index in [1.165, 1.54) is 17.3 Å². The van der Waals surface area contributed by atoms with Crippen LogP contribution in [0, 0.1) is 0 Å². The van der Waals surface area contributed by atoms with Crippen LogP contribution < -0.4 is 5.32 Å². The lowest BCUT2D eigenvalue weighted by atomic mass is 9.95. The average Bonchev–Trinajstić information content (AvgIpc) is 2.93. The van der Waals surface area contributed by atoms with Crippen LogP contribution in [0.1, 0.15) is 24.8 Å². The Balaban J connectivity index is 1.58. The van der Waals surface area contributed by atoms with Crippen molar-refractivity contribution in [2.24, 2.45) is 0 Å². The Morgan fingerprint density at radius 1 is 1.40 bits per heavy atom. The summed E-state index contributed by atoms with van der Waals surface area (Å²) in [5.41, 5.74) is 3.59. The number of aliphatic carboxylic acids is 1. The molecule has 6 heteroatoms. The third-order valence-corrected chi connectivity index (χ3v) is 4.16. The van der Waals surface area contributed by atoms with Crippen molar-refractivity contribution in [3.05, 3.63) is 35.4 Å². The SMILES string of the molecule is O=C(O)C1=CCC(NCc2ccc3nsnc3c2)CC1. The molecule has 1 aliphatic rings. The van der Waals surface area contributed by atoms with E-state index in [-0.39, 0.29) is 0 Å². The molecule has 1 heterocycles. The third kappa shape index (κ3) is 2.86. The zero-order valence-electron chi connectivity index (χ0n) is 10.9. The van der Waals surface area contributed by atoms with Crippen molar-refractivity contribution in [3.8, 4) is 0 Å². The summed E-state index contributed by atoms with van der Waals surface area (Å²) in [6.45, 7) is 0.772. The summed E-state index contributed by atoms with van der Waals surface area (Å²) < 4.78 is 8.41. The molecule has 0 radical (unpaired) electrons. The van der Waals surface area contributed by atoms with E-state index in [2.05, 4.69) is 20.1 Å². The monoisotopic (exact) mass is 289 g/mol. The molecular formula is C14H15N3O2S. The fraction of sp³-hybridized carbons (Fsp3) is 0.357. The van der Waals surface area contributed by atoms with E-state index in [4.69, 9.17) is 5.11 Å². The Bertz CT molecular complexity index is 665. The fourth-order valence-electron chi connectivity index (χ4n) is 2.41. The van der Waals surface area contributed by atoms with Crippen LogP contribution in [0.5, 0.6) is 0 Å². The van der Waals surface area contributed by atoms with Crippen LogP contribution in [0.3, 0.4) is 0 Å². The van der Waals surface area contributed by atoms with Gasteiger partial charge in [0.25, 0.3) is 0 Å². The van der Waals surface area contributed by atoms with Crippen molar-refractivity contribution in [3.63, 3.8) is 0 Å². The molecule has 0 bridgehead atoms. The van der Waals surface area contributed by atoms with Gasteiger partial charge in [-0.15, -0.1) is 0 Å². The van der Waals surface area contributed by atoms with E-state index < -0.39 is 5.97 Å². The van der Waals surface area contributed by atoms with E-state index in [0.29, 0.717) is 18.0 Å². The van der Waals surface area contributed by atoms with Crippen molar-refractivity contribution < 1.29 is 9.90 Å². The van der Waals surface area contributed by atoms with Crippen molar-refractivity contribution >= 4 is 28.7 Å². The Morgan fingerprint density at radius 2 is 2.25 bits per heavy atom. The van der Waals surface area contributed by atoms with Crippen LogP contribution >= 0.6 is 11.7 Å². The first kappa shape index (κ1) is 13.2. The molecule has 0 amide bonds. The van der Waals surface area contributed by atoms with E-state index in [9.17, 15) is 4.79 Å². The van der Waals surface area contributed by atoms with Crippen molar-refractivity contribution in [2.45, 2.75) is 31.8 Å². The molecule has 2 aromatic rings. The number of carbonyl (C=O) groups is 1. The topological polar surface area (TPSA) is 75.1 Å². The zero-order valence-corrected chi connectivity index (χ0v) is 11.7. The lowest BCUT2D eigenvalue weighted by Gasteiger charge is -2.21. The molecule has 1 aliphatic carbocycles. The average molecular weight is 289 g/mol. The van der Waals surface area contributed by atoms with Crippen LogP contribution in [-0.4, -0.2) is 25.9 Å². The standard InChI is InChI=1S/C14H15N3O2S/c18-14(19)10-2-4-11(5-3-10)15-8-9-1-6-12-13(7-9)17-20-16-12/h1-2,6-7,11,15H,3-5,8H2,(H,18,19). The molecule has 1 atom stereocenters. The van der Waals surface area contributed by atoms with Gasteiger partial charge in [-0.2, -0.15) is 8.75 Å². The lowest BCUT2D eigenvalue weighted by molar-refractivity contribution is -0.132. The first-order valence-electron chi connectivity index (χ1n) is 6.59. The second-order valence-electron chi connectivity index (χ2n) is 4.97. The summed E-state index contributed by atoms with van der Waals surface area (Å²) in [4.78, 5) is 10.8. The normalized spacial score (nSPS) is 19.0. The third-order valence-electron chi connectivity index (χ3n) is 3.60. The van der Waals surface area contributed by atoms with E-state index in [1.54, 1.807) is 0 Å². The number of carboxylic acids is 1. The number of carboxylic acid groups (broad SMARTS) is 1. The summed E-state index contributed by atoms with van der Waals surface area (Å²) in [5.74, 6) is -0.787. The minimum atomic E-state index is -0.787. The van der Waals surface area contributed by atoms with Crippen LogP contribution in [0.25, 0.3) is 11.0 Å². The number of rotatable bonds is 4. The Labute approximate surface area is 120 Å². The van der Waals surface area contributed by atoms with Crippen LogP contribution in [-0.2, 0) is 11.3 Å². The quantitative estimate of drug-likeness (QED) is 0.903. The van der Waals surface area contributed by atoms with Gasteiger partial charge in [-0.25, -0.2) is 4.79 Å². The Morgan fingerprint density at radius 3 is 3.00 bits per heavy atom. The molecule has 0 saturated heterocycles. The van der Waals surface area contributed by atoms with Crippen molar-refractivity contribution in [1.82, 2.24) is 14.1 Å². The Kier molecular flexibility index (Phi) is 3.75. The van der Waals surface area contributed by atoms with Gasteiger partial charge in [-0.3, -0.25) is 0 Å². The molecule has 20 heavy (non-hydrogen) atoms. The van der Waals surface area contributed by atoms with Gasteiger partial charge in [-0.05, 0) is 37.0 Å². The number of nitrogens with one attached hydrogen (secondary N) is 1. The van der Waals surface area contributed by atoms with Crippen LogP contribution in [0.4, 0.5) is 0 Å². The van der Waals surface area contributed by atoms with E-state index >= 15 is 0 Å². The molecule has 2 N–H and O–H groups in total. The molecule has 0 spiro atoms. The summed E-state index contributed by atoms with van der Waals surface area (Å²) in [7, 11) is 0. The van der Waals surface area contributed by atoms with Gasteiger partial charge < -0.3 is 10.4 Å². The fourth-order valence-corrected chi connectivity index (χ4v) is 2.93. The van der Waals surface area contributed by atoms with Gasteiger partial charge in [0.15, 0.2) is 0 Å². The van der Waals surface area contributed by atoms with Crippen molar-refractivity contribution in [1.29, 1.82) is 0 Å². The van der Waals surface area contributed by atoms with Gasteiger partial charge in [-0.1, -0.05) is 12.1 Å². The van der Waals surface area contributed by atoms with Gasteiger partial charge in [0.1, 0.15) is 11.0 Å². The maximum absolute atomic E-state index is 10.8.